The first kappa shape index (κ1) is 14.8. The number of carbonyl (C=O) groups is 1. The van der Waals surface area contributed by atoms with Crippen LogP contribution in [0, 0.1) is 13.8 Å². The molecule has 0 N–H and O–H groups in total. The van der Waals surface area contributed by atoms with Gasteiger partial charge in [-0.15, -0.1) is 0 Å². The van der Waals surface area contributed by atoms with Crippen LogP contribution in [0.1, 0.15) is 33.2 Å². The average molecular weight is 295 g/mol. The fourth-order valence-corrected chi connectivity index (χ4v) is 2.76. The number of hydrogen-bond acceptors (Lipinski definition) is 2. The van der Waals surface area contributed by atoms with E-state index >= 15 is 0 Å². The van der Waals surface area contributed by atoms with Crippen molar-refractivity contribution in [2.75, 3.05) is 19.7 Å². The first-order chi connectivity index (χ1) is 10.6. The van der Waals surface area contributed by atoms with Crippen molar-refractivity contribution in [1.29, 1.82) is 0 Å². The summed E-state index contributed by atoms with van der Waals surface area (Å²) in [5.41, 5.74) is 4.25. The molecule has 1 fully saturated rings. The number of carbonyl (C=O) groups excluding carboxylic acids is 1. The molecule has 0 aliphatic carbocycles. The largest absolute Gasteiger partial charge is 0.370 e. The second-order valence-corrected chi connectivity index (χ2v) is 5.82. The Bertz CT molecular complexity index is 666. The SMILES string of the molecule is Cc1ccc(C(=O)N2CCO[C@H](c3ccccc3)C2)cc1C. The lowest BCUT2D eigenvalue weighted by Crippen LogP contribution is -2.42. The lowest BCUT2D eigenvalue weighted by Gasteiger charge is -2.33. The van der Waals surface area contributed by atoms with Gasteiger partial charge >= 0.3 is 0 Å². The highest BCUT2D eigenvalue weighted by Crippen LogP contribution is 2.23. The lowest BCUT2D eigenvalue weighted by atomic mass is 10.0. The van der Waals surface area contributed by atoms with Gasteiger partial charge in [0.05, 0.1) is 13.2 Å². The first-order valence-corrected chi connectivity index (χ1v) is 7.68. The van der Waals surface area contributed by atoms with Gasteiger partial charge in [-0.25, -0.2) is 0 Å². The van der Waals surface area contributed by atoms with Crippen LogP contribution in [0.15, 0.2) is 48.5 Å². The molecule has 2 aromatic carbocycles. The standard InChI is InChI=1S/C19H21NO2/c1-14-8-9-17(12-15(14)2)19(21)20-10-11-22-18(13-20)16-6-4-3-5-7-16/h3-9,12,18H,10-11,13H2,1-2H3/t18-/m0/s1. The number of rotatable bonds is 2. The monoisotopic (exact) mass is 295 g/mol. The molecule has 22 heavy (non-hydrogen) atoms. The summed E-state index contributed by atoms with van der Waals surface area (Å²) in [6, 6.07) is 16.0. The molecule has 1 heterocycles. The number of ether oxygens (including phenoxy) is 1. The Balaban J connectivity index is 1.76. The van der Waals surface area contributed by atoms with E-state index in [-0.39, 0.29) is 12.0 Å². The van der Waals surface area contributed by atoms with E-state index in [4.69, 9.17) is 4.74 Å². The Morgan fingerprint density at radius 2 is 1.86 bits per heavy atom. The Morgan fingerprint density at radius 3 is 2.59 bits per heavy atom. The summed E-state index contributed by atoms with van der Waals surface area (Å²) in [5, 5.41) is 0. The third-order valence-corrected chi connectivity index (χ3v) is 4.28. The number of nitrogens with zero attached hydrogens (tertiary/aromatic N) is 1. The predicted octanol–water partition coefficient (Wildman–Crippen LogP) is 3.52. The van der Waals surface area contributed by atoms with Gasteiger partial charge in [0, 0.05) is 12.1 Å². The molecule has 0 saturated carbocycles. The maximum atomic E-state index is 12.7. The highest BCUT2D eigenvalue weighted by molar-refractivity contribution is 5.94. The van der Waals surface area contributed by atoms with Crippen LogP contribution < -0.4 is 0 Å². The average Bonchev–Trinajstić information content (AvgIpc) is 2.57. The van der Waals surface area contributed by atoms with E-state index in [1.807, 2.05) is 48.2 Å². The second-order valence-electron chi connectivity index (χ2n) is 5.82. The van der Waals surface area contributed by atoms with E-state index in [0.29, 0.717) is 19.7 Å². The fourth-order valence-electron chi connectivity index (χ4n) is 2.76. The van der Waals surface area contributed by atoms with Crippen LogP contribution in [-0.4, -0.2) is 30.5 Å². The van der Waals surface area contributed by atoms with Crippen LogP contribution in [0.4, 0.5) is 0 Å². The zero-order chi connectivity index (χ0) is 15.5. The summed E-state index contributed by atoms with van der Waals surface area (Å²) in [4.78, 5) is 14.6. The highest BCUT2D eigenvalue weighted by atomic mass is 16.5. The molecular formula is C19H21NO2. The predicted molar refractivity (Wildman–Crippen MR) is 87.0 cm³/mol. The molecule has 0 unspecified atom stereocenters. The minimum absolute atomic E-state index is 0.0366. The fraction of sp³-hybridized carbons (Fsp3) is 0.316. The van der Waals surface area contributed by atoms with Crippen LogP contribution in [-0.2, 0) is 4.74 Å². The van der Waals surface area contributed by atoms with E-state index in [1.54, 1.807) is 0 Å². The number of morpholine rings is 1. The quantitative estimate of drug-likeness (QED) is 0.848. The van der Waals surface area contributed by atoms with Gasteiger partial charge in [-0.05, 0) is 42.7 Å². The van der Waals surface area contributed by atoms with Gasteiger partial charge in [-0.1, -0.05) is 36.4 Å². The van der Waals surface area contributed by atoms with Crippen molar-refractivity contribution < 1.29 is 9.53 Å². The third kappa shape index (κ3) is 3.04. The van der Waals surface area contributed by atoms with Crippen molar-refractivity contribution in [3.8, 4) is 0 Å². The van der Waals surface area contributed by atoms with Crippen molar-refractivity contribution in [3.05, 3.63) is 70.8 Å². The molecule has 1 aliphatic heterocycles. The van der Waals surface area contributed by atoms with Gasteiger partial charge in [0.1, 0.15) is 6.10 Å². The maximum absolute atomic E-state index is 12.7. The molecule has 1 saturated heterocycles. The van der Waals surface area contributed by atoms with Crippen LogP contribution >= 0.6 is 0 Å². The third-order valence-electron chi connectivity index (χ3n) is 4.28. The van der Waals surface area contributed by atoms with Gasteiger partial charge in [-0.2, -0.15) is 0 Å². The number of aryl methyl sites for hydroxylation is 2. The van der Waals surface area contributed by atoms with Gasteiger partial charge in [-0.3, -0.25) is 4.79 Å². The van der Waals surface area contributed by atoms with E-state index < -0.39 is 0 Å². The van der Waals surface area contributed by atoms with Gasteiger partial charge in [0.15, 0.2) is 0 Å². The maximum Gasteiger partial charge on any atom is 0.254 e. The van der Waals surface area contributed by atoms with Crippen molar-refractivity contribution in [3.63, 3.8) is 0 Å². The summed E-state index contributed by atoms with van der Waals surface area (Å²) >= 11 is 0. The topological polar surface area (TPSA) is 29.5 Å². The van der Waals surface area contributed by atoms with E-state index in [0.717, 1.165) is 16.7 Å². The Morgan fingerprint density at radius 1 is 1.09 bits per heavy atom. The molecule has 114 valence electrons. The van der Waals surface area contributed by atoms with Crippen LogP contribution in [0.2, 0.25) is 0 Å². The number of amides is 1. The van der Waals surface area contributed by atoms with Gasteiger partial charge < -0.3 is 9.64 Å². The molecule has 2 aromatic rings. The van der Waals surface area contributed by atoms with Crippen LogP contribution in [0.3, 0.4) is 0 Å². The van der Waals surface area contributed by atoms with Crippen molar-refractivity contribution in [2.24, 2.45) is 0 Å². The molecule has 3 heteroatoms. The zero-order valence-corrected chi connectivity index (χ0v) is 13.1. The van der Waals surface area contributed by atoms with Gasteiger partial charge in [0.25, 0.3) is 5.91 Å². The molecule has 1 aliphatic rings. The minimum Gasteiger partial charge on any atom is -0.370 e. The smallest absolute Gasteiger partial charge is 0.254 e. The van der Waals surface area contributed by atoms with Crippen molar-refractivity contribution >= 4 is 5.91 Å². The second kappa shape index (κ2) is 6.32. The highest BCUT2D eigenvalue weighted by Gasteiger charge is 2.26. The zero-order valence-electron chi connectivity index (χ0n) is 13.1. The van der Waals surface area contributed by atoms with Gasteiger partial charge in [0.2, 0.25) is 0 Å². The summed E-state index contributed by atoms with van der Waals surface area (Å²) in [5.74, 6) is 0.0901. The number of hydrogen-bond donors (Lipinski definition) is 0. The molecule has 3 rings (SSSR count). The summed E-state index contributed by atoms with van der Waals surface area (Å²) < 4.78 is 5.83. The molecule has 0 aromatic heterocycles. The Hall–Kier alpha value is -2.13. The molecule has 0 bridgehead atoms. The normalized spacial score (nSPS) is 18.3. The number of benzene rings is 2. The molecular weight excluding hydrogens is 274 g/mol. The van der Waals surface area contributed by atoms with Crippen LogP contribution in [0.5, 0.6) is 0 Å². The summed E-state index contributed by atoms with van der Waals surface area (Å²) in [6.45, 7) is 5.93. The molecule has 1 atom stereocenters. The van der Waals surface area contributed by atoms with E-state index in [9.17, 15) is 4.79 Å². The van der Waals surface area contributed by atoms with E-state index in [1.165, 1.54) is 5.56 Å². The Labute approximate surface area is 131 Å². The Kier molecular flexibility index (Phi) is 4.25. The van der Waals surface area contributed by atoms with Crippen molar-refractivity contribution in [2.45, 2.75) is 20.0 Å². The first-order valence-electron chi connectivity index (χ1n) is 7.68. The lowest BCUT2D eigenvalue weighted by molar-refractivity contribution is -0.0228. The summed E-state index contributed by atoms with van der Waals surface area (Å²) in [7, 11) is 0. The van der Waals surface area contributed by atoms with Crippen LogP contribution in [0.25, 0.3) is 0 Å². The molecule has 3 nitrogen and oxygen atoms in total. The van der Waals surface area contributed by atoms with E-state index in [2.05, 4.69) is 19.1 Å². The molecule has 1 amide bonds. The molecule has 0 radical (unpaired) electrons. The summed E-state index contributed by atoms with van der Waals surface area (Å²) in [6.07, 6.45) is -0.0366. The van der Waals surface area contributed by atoms with Crippen molar-refractivity contribution in [1.82, 2.24) is 4.90 Å². The molecule has 0 spiro atoms. The minimum atomic E-state index is -0.0366.